The average molecular weight is 385 g/mol. The maximum Gasteiger partial charge on any atom is 0.216 e. The highest BCUT2D eigenvalue weighted by atomic mass is 16.5. The summed E-state index contributed by atoms with van der Waals surface area (Å²) in [5, 5.41) is 0. The van der Waals surface area contributed by atoms with Gasteiger partial charge in [-0.3, -0.25) is 14.5 Å². The molecule has 4 rings (SSSR count). The molecular formula is C25H23NO3. The van der Waals surface area contributed by atoms with Gasteiger partial charge in [0.1, 0.15) is 18.4 Å². The number of Topliss-reactive ketones (excluding diaryl/α,β-unsaturated/α-hetero) is 1. The van der Waals surface area contributed by atoms with Gasteiger partial charge in [-0.05, 0) is 41.3 Å². The molecule has 4 heteroatoms. The van der Waals surface area contributed by atoms with E-state index in [1.54, 1.807) is 0 Å². The van der Waals surface area contributed by atoms with Crippen molar-refractivity contribution in [3.05, 3.63) is 101 Å². The molecule has 4 nitrogen and oxygen atoms in total. The Morgan fingerprint density at radius 1 is 1.03 bits per heavy atom. The lowest BCUT2D eigenvalue weighted by Gasteiger charge is -2.29. The number of aldehydes is 1. The summed E-state index contributed by atoms with van der Waals surface area (Å²) in [6, 6.07) is 25.3. The molecule has 0 radical (unpaired) electrons. The van der Waals surface area contributed by atoms with Gasteiger partial charge in [-0.15, -0.1) is 0 Å². The van der Waals surface area contributed by atoms with Gasteiger partial charge in [0.25, 0.3) is 0 Å². The minimum Gasteiger partial charge on any atom is -0.489 e. The Labute approximate surface area is 170 Å². The summed E-state index contributed by atoms with van der Waals surface area (Å²) in [5.74, 6) is 0.402. The van der Waals surface area contributed by atoms with Crippen molar-refractivity contribution in [2.24, 2.45) is 0 Å². The Morgan fingerprint density at radius 3 is 2.45 bits per heavy atom. The molecule has 2 unspecified atom stereocenters. The third kappa shape index (κ3) is 3.98. The molecule has 0 aromatic heterocycles. The van der Waals surface area contributed by atoms with Crippen LogP contribution in [0.25, 0.3) is 0 Å². The van der Waals surface area contributed by atoms with E-state index in [0.29, 0.717) is 19.4 Å². The number of ether oxygens (including phenoxy) is 1. The van der Waals surface area contributed by atoms with Crippen molar-refractivity contribution in [1.29, 1.82) is 0 Å². The number of rotatable bonds is 7. The van der Waals surface area contributed by atoms with Gasteiger partial charge >= 0.3 is 0 Å². The van der Waals surface area contributed by atoms with Crippen LogP contribution >= 0.6 is 0 Å². The molecule has 2 atom stereocenters. The maximum atomic E-state index is 12.4. The average Bonchev–Trinajstić information content (AvgIpc) is 3.17. The largest absolute Gasteiger partial charge is 0.489 e. The highest BCUT2D eigenvalue weighted by Gasteiger charge is 2.37. The Hall–Kier alpha value is -3.24. The van der Waals surface area contributed by atoms with Gasteiger partial charge in [-0.2, -0.15) is 0 Å². The van der Waals surface area contributed by atoms with Gasteiger partial charge in [-0.25, -0.2) is 0 Å². The molecular weight excluding hydrogens is 362 g/mol. The molecule has 1 aliphatic heterocycles. The zero-order valence-corrected chi connectivity index (χ0v) is 16.3. The van der Waals surface area contributed by atoms with Crippen LogP contribution in [0.2, 0.25) is 0 Å². The Kier molecular flexibility index (Phi) is 5.54. The summed E-state index contributed by atoms with van der Waals surface area (Å²) in [6.45, 7) is 3.23. The molecule has 0 amide bonds. The highest BCUT2D eigenvalue weighted by molar-refractivity contribution is 6.27. The molecule has 1 heterocycles. The van der Waals surface area contributed by atoms with E-state index in [-0.39, 0.29) is 6.04 Å². The van der Waals surface area contributed by atoms with Crippen molar-refractivity contribution in [3.63, 3.8) is 0 Å². The van der Waals surface area contributed by atoms with E-state index in [9.17, 15) is 9.59 Å². The van der Waals surface area contributed by atoms with Crippen molar-refractivity contribution in [1.82, 2.24) is 4.90 Å². The minimum atomic E-state index is -0.521. The molecule has 0 aliphatic carbocycles. The molecule has 0 spiro atoms. The van der Waals surface area contributed by atoms with Gasteiger partial charge in [0.15, 0.2) is 6.29 Å². The smallest absolute Gasteiger partial charge is 0.216 e. The van der Waals surface area contributed by atoms with E-state index >= 15 is 0 Å². The van der Waals surface area contributed by atoms with Crippen LogP contribution in [0.15, 0.2) is 78.9 Å². The number of hydrogen-bond donors (Lipinski definition) is 0. The number of hydrogen-bond acceptors (Lipinski definition) is 4. The highest BCUT2D eigenvalue weighted by Crippen LogP contribution is 2.40. The number of nitrogens with zero attached hydrogens (tertiary/aromatic N) is 1. The number of benzene rings is 3. The molecule has 0 N–H and O–H groups in total. The van der Waals surface area contributed by atoms with E-state index < -0.39 is 11.8 Å². The van der Waals surface area contributed by atoms with Crippen LogP contribution < -0.4 is 4.74 Å². The molecule has 1 aliphatic rings. The van der Waals surface area contributed by atoms with Gasteiger partial charge < -0.3 is 4.74 Å². The fraction of sp³-hybridized carbons (Fsp3) is 0.200. The Morgan fingerprint density at radius 2 is 1.72 bits per heavy atom. The van der Waals surface area contributed by atoms with E-state index in [1.165, 1.54) is 0 Å². The van der Waals surface area contributed by atoms with E-state index in [2.05, 4.69) is 11.8 Å². The van der Waals surface area contributed by atoms with Crippen LogP contribution in [0, 0.1) is 0 Å². The van der Waals surface area contributed by atoms with Gasteiger partial charge in [0.2, 0.25) is 5.78 Å². The molecule has 0 fully saturated rings. The van der Waals surface area contributed by atoms with Crippen LogP contribution in [0.4, 0.5) is 0 Å². The third-order valence-corrected chi connectivity index (χ3v) is 5.53. The molecule has 0 saturated carbocycles. The Balaban J connectivity index is 1.49. The summed E-state index contributed by atoms with van der Waals surface area (Å²) in [4.78, 5) is 25.7. The first kappa shape index (κ1) is 19.1. The van der Waals surface area contributed by atoms with Crippen molar-refractivity contribution >= 4 is 12.1 Å². The molecule has 146 valence electrons. The topological polar surface area (TPSA) is 46.6 Å². The normalized spacial score (nSPS) is 16.8. The predicted octanol–water partition coefficient (Wildman–Crippen LogP) is 4.65. The lowest BCUT2D eigenvalue weighted by Crippen LogP contribution is -2.31. The summed E-state index contributed by atoms with van der Waals surface area (Å²) in [7, 11) is 0. The number of carbonyl (C=O) groups is 2. The van der Waals surface area contributed by atoms with Crippen LogP contribution in [-0.2, 0) is 22.7 Å². The number of fused-ring (bicyclic) bond motifs is 1. The monoisotopic (exact) mass is 385 g/mol. The van der Waals surface area contributed by atoms with Crippen LogP contribution in [0.3, 0.4) is 0 Å². The van der Waals surface area contributed by atoms with Gasteiger partial charge in [0, 0.05) is 12.6 Å². The minimum absolute atomic E-state index is 0.0144. The van der Waals surface area contributed by atoms with Crippen LogP contribution in [0.5, 0.6) is 5.75 Å². The standard InChI is InChI=1S/C25H23NO3/c1-18(26-15-21-9-5-6-10-23(21)25(26)24(28)16-27)20-11-13-22(14-12-20)29-17-19-7-3-2-4-8-19/h2-14,16,18,25H,15,17H2,1H3. The zero-order chi connectivity index (χ0) is 20.2. The van der Waals surface area contributed by atoms with Gasteiger partial charge in [-0.1, -0.05) is 66.7 Å². The summed E-state index contributed by atoms with van der Waals surface area (Å²) < 4.78 is 5.87. The van der Waals surface area contributed by atoms with Gasteiger partial charge in [0.05, 0.1) is 0 Å². The second kappa shape index (κ2) is 8.41. The predicted molar refractivity (Wildman–Crippen MR) is 111 cm³/mol. The summed E-state index contributed by atoms with van der Waals surface area (Å²) in [5.41, 5.74) is 4.23. The van der Waals surface area contributed by atoms with E-state index in [4.69, 9.17) is 4.74 Å². The fourth-order valence-electron chi connectivity index (χ4n) is 3.93. The molecule has 0 saturated heterocycles. The van der Waals surface area contributed by atoms with Crippen molar-refractivity contribution in [2.45, 2.75) is 32.2 Å². The first-order chi connectivity index (χ1) is 14.2. The second-order valence-electron chi connectivity index (χ2n) is 7.31. The van der Waals surface area contributed by atoms with Crippen LogP contribution in [-0.4, -0.2) is 17.0 Å². The van der Waals surface area contributed by atoms with E-state index in [1.807, 2.05) is 78.9 Å². The van der Waals surface area contributed by atoms with Crippen molar-refractivity contribution in [3.8, 4) is 5.75 Å². The van der Waals surface area contributed by atoms with E-state index in [0.717, 1.165) is 28.0 Å². The zero-order valence-electron chi connectivity index (χ0n) is 16.3. The quantitative estimate of drug-likeness (QED) is 0.439. The lowest BCUT2D eigenvalue weighted by molar-refractivity contribution is -0.134. The number of carbonyl (C=O) groups excluding carboxylic acids is 2. The molecule has 3 aromatic carbocycles. The first-order valence-electron chi connectivity index (χ1n) is 9.76. The fourth-order valence-corrected chi connectivity index (χ4v) is 3.93. The SMILES string of the molecule is CC(c1ccc(OCc2ccccc2)cc1)N1Cc2ccccc2C1C(=O)C=O. The maximum absolute atomic E-state index is 12.4. The third-order valence-electron chi connectivity index (χ3n) is 5.53. The lowest BCUT2D eigenvalue weighted by atomic mass is 10.00. The Bertz CT molecular complexity index is 998. The molecule has 3 aromatic rings. The van der Waals surface area contributed by atoms with Crippen molar-refractivity contribution in [2.75, 3.05) is 0 Å². The second-order valence-corrected chi connectivity index (χ2v) is 7.31. The van der Waals surface area contributed by atoms with Crippen molar-refractivity contribution < 1.29 is 14.3 Å². The molecule has 29 heavy (non-hydrogen) atoms. The molecule has 0 bridgehead atoms. The van der Waals surface area contributed by atoms with Crippen LogP contribution in [0.1, 0.15) is 41.3 Å². The summed E-state index contributed by atoms with van der Waals surface area (Å²) in [6.07, 6.45) is 0.438. The first-order valence-corrected chi connectivity index (χ1v) is 9.76. The summed E-state index contributed by atoms with van der Waals surface area (Å²) >= 11 is 0. The number of ketones is 1.